The Balaban J connectivity index is 2.19. The lowest BCUT2D eigenvalue weighted by Gasteiger charge is -2.09. The molecule has 0 aliphatic rings. The van der Waals surface area contributed by atoms with Crippen molar-refractivity contribution in [3.63, 3.8) is 0 Å². The summed E-state index contributed by atoms with van der Waals surface area (Å²) in [6, 6.07) is 7.75. The maximum absolute atomic E-state index is 5.56. The Kier molecular flexibility index (Phi) is 2.95. The van der Waals surface area contributed by atoms with Crippen molar-refractivity contribution in [2.75, 3.05) is 0 Å². The van der Waals surface area contributed by atoms with Crippen LogP contribution >= 0.6 is 0 Å². The molecule has 0 spiro atoms. The predicted octanol–water partition coefficient (Wildman–Crippen LogP) is 3.44. The van der Waals surface area contributed by atoms with E-state index in [-0.39, 0.29) is 6.10 Å². The summed E-state index contributed by atoms with van der Waals surface area (Å²) >= 11 is 0. The Morgan fingerprint density at radius 3 is 2.38 bits per heavy atom. The van der Waals surface area contributed by atoms with Gasteiger partial charge >= 0.3 is 0 Å². The quantitative estimate of drug-likeness (QED) is 0.790. The van der Waals surface area contributed by atoms with E-state index in [9.17, 15) is 0 Å². The smallest absolute Gasteiger partial charge is 0.226 e. The fraction of sp³-hybridized carbons (Fsp3) is 0.308. The highest BCUT2D eigenvalue weighted by atomic mass is 16.5. The van der Waals surface area contributed by atoms with E-state index in [1.165, 1.54) is 0 Å². The van der Waals surface area contributed by atoms with Crippen molar-refractivity contribution in [1.82, 2.24) is 4.98 Å². The topological polar surface area (TPSA) is 35.3 Å². The van der Waals surface area contributed by atoms with Crippen molar-refractivity contribution in [3.8, 4) is 17.2 Å². The molecule has 0 radical (unpaired) electrons. The number of ether oxygens (including phenoxy) is 1. The highest BCUT2D eigenvalue weighted by molar-refractivity contribution is 5.54. The third-order valence-corrected chi connectivity index (χ3v) is 2.09. The second-order valence-corrected chi connectivity index (χ2v) is 3.97. The molecule has 1 aromatic carbocycles. The number of nitrogens with zero attached hydrogens (tertiary/aromatic N) is 1. The van der Waals surface area contributed by atoms with Crippen LogP contribution in [0.4, 0.5) is 0 Å². The van der Waals surface area contributed by atoms with E-state index in [1.807, 2.05) is 45.0 Å². The average Bonchev–Trinajstić information content (AvgIpc) is 2.65. The normalized spacial score (nSPS) is 10.8. The summed E-state index contributed by atoms with van der Waals surface area (Å²) in [7, 11) is 0. The van der Waals surface area contributed by atoms with Gasteiger partial charge in [0.1, 0.15) is 11.5 Å². The summed E-state index contributed by atoms with van der Waals surface area (Å²) in [5.41, 5.74) is 0.962. The lowest BCUT2D eigenvalue weighted by atomic mass is 10.2. The lowest BCUT2D eigenvalue weighted by Crippen LogP contribution is -2.05. The second-order valence-electron chi connectivity index (χ2n) is 3.97. The van der Waals surface area contributed by atoms with Crippen molar-refractivity contribution < 1.29 is 9.15 Å². The van der Waals surface area contributed by atoms with Crippen molar-refractivity contribution in [2.45, 2.75) is 26.9 Å². The van der Waals surface area contributed by atoms with Gasteiger partial charge in [-0.2, -0.15) is 0 Å². The molecule has 0 bridgehead atoms. The molecule has 0 amide bonds. The minimum Gasteiger partial charge on any atom is -0.491 e. The minimum atomic E-state index is 0.190. The first-order valence-corrected chi connectivity index (χ1v) is 5.34. The highest BCUT2D eigenvalue weighted by Crippen LogP contribution is 2.22. The molecule has 3 nitrogen and oxygen atoms in total. The van der Waals surface area contributed by atoms with E-state index in [1.54, 1.807) is 6.20 Å². The van der Waals surface area contributed by atoms with Gasteiger partial charge < -0.3 is 9.15 Å². The van der Waals surface area contributed by atoms with E-state index in [0.29, 0.717) is 5.89 Å². The van der Waals surface area contributed by atoms with Crippen molar-refractivity contribution in [3.05, 3.63) is 36.2 Å². The van der Waals surface area contributed by atoms with Crippen molar-refractivity contribution >= 4 is 0 Å². The van der Waals surface area contributed by atoms with Gasteiger partial charge in [0.05, 0.1) is 12.3 Å². The summed E-state index contributed by atoms with van der Waals surface area (Å²) in [5.74, 6) is 2.33. The van der Waals surface area contributed by atoms with Gasteiger partial charge in [0.15, 0.2) is 0 Å². The van der Waals surface area contributed by atoms with Crippen molar-refractivity contribution in [1.29, 1.82) is 0 Å². The van der Waals surface area contributed by atoms with E-state index >= 15 is 0 Å². The van der Waals surface area contributed by atoms with E-state index in [2.05, 4.69) is 4.98 Å². The summed E-state index contributed by atoms with van der Waals surface area (Å²) in [6.45, 7) is 5.89. The second kappa shape index (κ2) is 4.39. The number of rotatable bonds is 3. The predicted molar refractivity (Wildman–Crippen MR) is 62.4 cm³/mol. The van der Waals surface area contributed by atoms with E-state index in [0.717, 1.165) is 17.1 Å². The maximum Gasteiger partial charge on any atom is 0.226 e. The average molecular weight is 217 g/mol. The lowest BCUT2D eigenvalue weighted by molar-refractivity contribution is 0.242. The van der Waals surface area contributed by atoms with Crippen LogP contribution < -0.4 is 4.74 Å². The molecule has 2 aromatic rings. The number of hydrogen-bond acceptors (Lipinski definition) is 3. The molecule has 16 heavy (non-hydrogen) atoms. The van der Waals surface area contributed by atoms with Gasteiger partial charge in [0.2, 0.25) is 5.89 Å². The van der Waals surface area contributed by atoms with E-state index in [4.69, 9.17) is 9.15 Å². The van der Waals surface area contributed by atoms with Gasteiger partial charge in [0.25, 0.3) is 0 Å². The molecule has 84 valence electrons. The van der Waals surface area contributed by atoms with Gasteiger partial charge in [-0.15, -0.1) is 0 Å². The monoisotopic (exact) mass is 217 g/mol. The molecule has 0 atom stereocenters. The zero-order valence-corrected chi connectivity index (χ0v) is 9.73. The van der Waals surface area contributed by atoms with Crippen LogP contribution in [0.1, 0.15) is 19.6 Å². The number of aromatic nitrogens is 1. The number of benzene rings is 1. The van der Waals surface area contributed by atoms with Crippen LogP contribution in [0.5, 0.6) is 5.75 Å². The van der Waals surface area contributed by atoms with Crippen LogP contribution in [0.2, 0.25) is 0 Å². The summed E-state index contributed by atoms with van der Waals surface area (Å²) in [6.07, 6.45) is 1.91. The molecule has 2 rings (SSSR count). The molecule has 0 aliphatic carbocycles. The fourth-order valence-electron chi connectivity index (χ4n) is 1.44. The van der Waals surface area contributed by atoms with Crippen LogP contribution in [0.25, 0.3) is 11.5 Å². The molecule has 0 saturated carbocycles. The fourth-order valence-corrected chi connectivity index (χ4v) is 1.44. The zero-order valence-electron chi connectivity index (χ0n) is 9.73. The summed E-state index contributed by atoms with van der Waals surface area (Å²) in [5, 5.41) is 0. The first-order chi connectivity index (χ1) is 7.65. The van der Waals surface area contributed by atoms with E-state index < -0.39 is 0 Å². The number of oxazole rings is 1. The van der Waals surface area contributed by atoms with Gasteiger partial charge in [-0.1, -0.05) is 0 Å². The SMILES string of the molecule is Cc1cnc(-c2ccc(OC(C)C)cc2)o1. The third kappa shape index (κ3) is 2.42. The van der Waals surface area contributed by atoms with Gasteiger partial charge in [-0.25, -0.2) is 4.98 Å². The van der Waals surface area contributed by atoms with Gasteiger partial charge in [-0.05, 0) is 45.0 Å². The minimum absolute atomic E-state index is 0.190. The molecular weight excluding hydrogens is 202 g/mol. The Morgan fingerprint density at radius 2 is 1.88 bits per heavy atom. The molecule has 0 aliphatic heterocycles. The third-order valence-electron chi connectivity index (χ3n) is 2.09. The number of hydrogen-bond donors (Lipinski definition) is 0. The first-order valence-electron chi connectivity index (χ1n) is 5.34. The molecular formula is C13H15NO2. The Morgan fingerprint density at radius 1 is 1.19 bits per heavy atom. The van der Waals surface area contributed by atoms with Crippen LogP contribution in [-0.2, 0) is 0 Å². The van der Waals surface area contributed by atoms with Crippen molar-refractivity contribution in [2.24, 2.45) is 0 Å². The first kappa shape index (κ1) is 10.7. The van der Waals surface area contributed by atoms with Crippen LogP contribution in [0.15, 0.2) is 34.9 Å². The molecule has 3 heteroatoms. The largest absolute Gasteiger partial charge is 0.491 e. The summed E-state index contributed by atoms with van der Waals surface area (Å²) in [4.78, 5) is 4.17. The maximum atomic E-state index is 5.56. The molecule has 0 saturated heterocycles. The highest BCUT2D eigenvalue weighted by Gasteiger charge is 2.04. The molecule has 0 fully saturated rings. The molecule has 0 N–H and O–H groups in total. The zero-order chi connectivity index (χ0) is 11.5. The number of aryl methyl sites for hydroxylation is 1. The van der Waals surface area contributed by atoms with Gasteiger partial charge in [0, 0.05) is 5.56 Å². The molecule has 1 heterocycles. The van der Waals surface area contributed by atoms with Crippen LogP contribution in [0, 0.1) is 6.92 Å². The standard InChI is InChI=1S/C13H15NO2/c1-9(2)15-12-6-4-11(5-7-12)13-14-8-10(3)16-13/h4-9H,1-3H3. The Hall–Kier alpha value is -1.77. The summed E-state index contributed by atoms with van der Waals surface area (Å²) < 4.78 is 11.0. The van der Waals surface area contributed by atoms with Crippen LogP contribution in [0.3, 0.4) is 0 Å². The molecule has 0 unspecified atom stereocenters. The van der Waals surface area contributed by atoms with Gasteiger partial charge in [-0.3, -0.25) is 0 Å². The van der Waals surface area contributed by atoms with Crippen LogP contribution in [-0.4, -0.2) is 11.1 Å². The Labute approximate surface area is 95.1 Å². The molecule has 1 aromatic heterocycles. The Bertz CT molecular complexity index is 457.